The summed E-state index contributed by atoms with van der Waals surface area (Å²) >= 11 is 0. The standard InChI is InChI=1S/C14H22N2O2/c1-4-16(8-5-9-17)14(18)12-10-11(2)6-7-13(12)15-3/h6-7,10,15,17H,4-5,8-9H2,1-3H3. The van der Waals surface area contributed by atoms with Crippen molar-refractivity contribution < 1.29 is 9.90 Å². The second-order valence-electron chi connectivity index (χ2n) is 4.26. The van der Waals surface area contributed by atoms with Crippen molar-refractivity contribution in [1.29, 1.82) is 0 Å². The summed E-state index contributed by atoms with van der Waals surface area (Å²) < 4.78 is 0. The topological polar surface area (TPSA) is 52.6 Å². The Morgan fingerprint density at radius 2 is 2.17 bits per heavy atom. The number of carbonyl (C=O) groups excluding carboxylic acids is 1. The molecule has 1 aromatic carbocycles. The quantitative estimate of drug-likeness (QED) is 0.810. The van der Waals surface area contributed by atoms with Gasteiger partial charge in [-0.3, -0.25) is 4.79 Å². The van der Waals surface area contributed by atoms with Crippen LogP contribution in [0.25, 0.3) is 0 Å². The maximum atomic E-state index is 12.4. The van der Waals surface area contributed by atoms with E-state index in [-0.39, 0.29) is 12.5 Å². The third-order valence-corrected chi connectivity index (χ3v) is 2.93. The third-order valence-electron chi connectivity index (χ3n) is 2.93. The SMILES string of the molecule is CCN(CCCO)C(=O)c1cc(C)ccc1NC. The van der Waals surface area contributed by atoms with Crippen LogP contribution in [0.1, 0.15) is 29.3 Å². The van der Waals surface area contributed by atoms with Gasteiger partial charge in [0.25, 0.3) is 5.91 Å². The lowest BCUT2D eigenvalue weighted by Crippen LogP contribution is -2.32. The molecule has 0 aliphatic heterocycles. The molecule has 0 unspecified atom stereocenters. The second-order valence-corrected chi connectivity index (χ2v) is 4.26. The van der Waals surface area contributed by atoms with Crippen molar-refractivity contribution in [3.05, 3.63) is 29.3 Å². The molecule has 1 rings (SSSR count). The van der Waals surface area contributed by atoms with Crippen LogP contribution in [0.2, 0.25) is 0 Å². The van der Waals surface area contributed by atoms with E-state index in [0.29, 0.717) is 25.1 Å². The van der Waals surface area contributed by atoms with Crippen LogP contribution >= 0.6 is 0 Å². The summed E-state index contributed by atoms with van der Waals surface area (Å²) in [7, 11) is 1.81. The molecule has 0 aliphatic rings. The minimum Gasteiger partial charge on any atom is -0.396 e. The first kappa shape index (κ1) is 14.5. The summed E-state index contributed by atoms with van der Waals surface area (Å²) in [6.07, 6.45) is 0.611. The fraction of sp³-hybridized carbons (Fsp3) is 0.500. The zero-order valence-electron chi connectivity index (χ0n) is 11.4. The van der Waals surface area contributed by atoms with Crippen molar-refractivity contribution in [2.75, 3.05) is 32.1 Å². The van der Waals surface area contributed by atoms with Gasteiger partial charge in [-0.1, -0.05) is 11.6 Å². The number of carbonyl (C=O) groups is 1. The molecule has 100 valence electrons. The Hall–Kier alpha value is -1.55. The lowest BCUT2D eigenvalue weighted by Gasteiger charge is -2.22. The van der Waals surface area contributed by atoms with Crippen molar-refractivity contribution in [2.45, 2.75) is 20.3 Å². The zero-order valence-corrected chi connectivity index (χ0v) is 11.4. The molecule has 0 aliphatic carbocycles. The molecule has 0 saturated carbocycles. The fourth-order valence-corrected chi connectivity index (χ4v) is 1.89. The predicted molar refractivity (Wildman–Crippen MR) is 74.0 cm³/mol. The first-order valence-corrected chi connectivity index (χ1v) is 6.32. The van der Waals surface area contributed by atoms with E-state index in [9.17, 15) is 4.79 Å². The lowest BCUT2D eigenvalue weighted by molar-refractivity contribution is 0.0755. The van der Waals surface area contributed by atoms with E-state index in [2.05, 4.69) is 5.32 Å². The maximum absolute atomic E-state index is 12.4. The van der Waals surface area contributed by atoms with E-state index in [1.165, 1.54) is 0 Å². The van der Waals surface area contributed by atoms with Crippen LogP contribution in [0.15, 0.2) is 18.2 Å². The van der Waals surface area contributed by atoms with Gasteiger partial charge in [0, 0.05) is 32.4 Å². The number of amides is 1. The highest BCUT2D eigenvalue weighted by Gasteiger charge is 2.17. The number of rotatable bonds is 6. The van der Waals surface area contributed by atoms with Gasteiger partial charge in [0.2, 0.25) is 0 Å². The molecule has 0 atom stereocenters. The number of anilines is 1. The fourth-order valence-electron chi connectivity index (χ4n) is 1.89. The summed E-state index contributed by atoms with van der Waals surface area (Å²) in [5.41, 5.74) is 2.60. The van der Waals surface area contributed by atoms with Crippen molar-refractivity contribution in [2.24, 2.45) is 0 Å². The van der Waals surface area contributed by atoms with Gasteiger partial charge in [-0.2, -0.15) is 0 Å². The maximum Gasteiger partial charge on any atom is 0.255 e. The minimum absolute atomic E-state index is 0.0130. The molecule has 0 radical (unpaired) electrons. The molecule has 0 aromatic heterocycles. The average molecular weight is 250 g/mol. The number of aryl methyl sites for hydroxylation is 1. The molecule has 0 fully saturated rings. The van der Waals surface area contributed by atoms with Gasteiger partial charge in [-0.05, 0) is 32.4 Å². The Morgan fingerprint density at radius 3 is 2.72 bits per heavy atom. The molecule has 18 heavy (non-hydrogen) atoms. The van der Waals surface area contributed by atoms with Crippen molar-refractivity contribution >= 4 is 11.6 Å². The van der Waals surface area contributed by atoms with Crippen LogP contribution in [0.4, 0.5) is 5.69 Å². The van der Waals surface area contributed by atoms with E-state index in [0.717, 1.165) is 11.3 Å². The summed E-state index contributed by atoms with van der Waals surface area (Å²) in [5, 5.41) is 11.9. The lowest BCUT2D eigenvalue weighted by atomic mass is 10.1. The van der Waals surface area contributed by atoms with Crippen LogP contribution < -0.4 is 5.32 Å². The molecule has 1 amide bonds. The van der Waals surface area contributed by atoms with Gasteiger partial charge in [0.05, 0.1) is 5.56 Å². The first-order valence-electron chi connectivity index (χ1n) is 6.32. The number of hydrogen-bond acceptors (Lipinski definition) is 3. The molecular formula is C14H22N2O2. The molecule has 2 N–H and O–H groups in total. The smallest absolute Gasteiger partial charge is 0.255 e. The average Bonchev–Trinajstić information content (AvgIpc) is 2.39. The van der Waals surface area contributed by atoms with Crippen molar-refractivity contribution in [3.8, 4) is 0 Å². The molecule has 0 saturated heterocycles. The first-order chi connectivity index (χ1) is 8.63. The minimum atomic E-state index is 0.0130. The number of nitrogens with one attached hydrogen (secondary N) is 1. The monoisotopic (exact) mass is 250 g/mol. The van der Waals surface area contributed by atoms with Crippen molar-refractivity contribution in [3.63, 3.8) is 0 Å². The Kier molecular flexibility index (Phi) is 5.65. The number of nitrogens with zero attached hydrogens (tertiary/aromatic N) is 1. The van der Waals surface area contributed by atoms with Crippen molar-refractivity contribution in [1.82, 2.24) is 4.90 Å². The number of aliphatic hydroxyl groups excluding tert-OH is 1. The molecule has 4 heteroatoms. The summed E-state index contributed by atoms with van der Waals surface area (Å²) in [6, 6.07) is 5.80. The van der Waals surface area contributed by atoms with Gasteiger partial charge in [-0.15, -0.1) is 0 Å². The van der Waals surface area contributed by atoms with Crippen LogP contribution in [0.3, 0.4) is 0 Å². The normalized spacial score (nSPS) is 10.2. The Balaban J connectivity index is 2.96. The number of benzene rings is 1. The van der Waals surface area contributed by atoms with Crippen LogP contribution in [0.5, 0.6) is 0 Å². The van der Waals surface area contributed by atoms with Gasteiger partial charge in [-0.25, -0.2) is 0 Å². The molecule has 4 nitrogen and oxygen atoms in total. The Morgan fingerprint density at radius 1 is 1.44 bits per heavy atom. The van der Waals surface area contributed by atoms with E-state index >= 15 is 0 Å². The van der Waals surface area contributed by atoms with E-state index < -0.39 is 0 Å². The Bertz CT molecular complexity index is 405. The van der Waals surface area contributed by atoms with Crippen LogP contribution in [-0.2, 0) is 0 Å². The van der Waals surface area contributed by atoms with E-state index in [1.54, 1.807) is 4.90 Å². The van der Waals surface area contributed by atoms with Gasteiger partial charge < -0.3 is 15.3 Å². The highest BCUT2D eigenvalue weighted by molar-refractivity contribution is 5.99. The Labute approximate surface area is 109 Å². The highest BCUT2D eigenvalue weighted by Crippen LogP contribution is 2.19. The predicted octanol–water partition coefficient (Wildman–Crippen LogP) is 1.88. The highest BCUT2D eigenvalue weighted by atomic mass is 16.3. The van der Waals surface area contributed by atoms with Gasteiger partial charge in [0.1, 0.15) is 0 Å². The number of hydrogen-bond donors (Lipinski definition) is 2. The molecular weight excluding hydrogens is 228 g/mol. The van der Waals surface area contributed by atoms with Gasteiger partial charge in [0.15, 0.2) is 0 Å². The van der Waals surface area contributed by atoms with E-state index in [4.69, 9.17) is 5.11 Å². The number of aliphatic hydroxyl groups is 1. The second kappa shape index (κ2) is 7.01. The molecule has 0 spiro atoms. The van der Waals surface area contributed by atoms with E-state index in [1.807, 2.05) is 39.1 Å². The third kappa shape index (κ3) is 3.47. The molecule has 1 aromatic rings. The van der Waals surface area contributed by atoms with Gasteiger partial charge >= 0.3 is 0 Å². The summed E-state index contributed by atoms with van der Waals surface area (Å²) in [6.45, 7) is 5.26. The zero-order chi connectivity index (χ0) is 13.5. The van der Waals surface area contributed by atoms with Crippen LogP contribution in [-0.4, -0.2) is 42.7 Å². The largest absolute Gasteiger partial charge is 0.396 e. The molecule has 0 bridgehead atoms. The van der Waals surface area contributed by atoms with Crippen LogP contribution in [0, 0.1) is 6.92 Å². The summed E-state index contributed by atoms with van der Waals surface area (Å²) in [4.78, 5) is 14.2. The summed E-state index contributed by atoms with van der Waals surface area (Å²) in [5.74, 6) is 0.0130. The molecule has 0 heterocycles.